The van der Waals surface area contributed by atoms with Crippen LogP contribution in [0.3, 0.4) is 0 Å². The van der Waals surface area contributed by atoms with Crippen LogP contribution in [0.2, 0.25) is 0 Å². The second kappa shape index (κ2) is 6.48. The van der Waals surface area contributed by atoms with E-state index >= 15 is 0 Å². The van der Waals surface area contributed by atoms with Gasteiger partial charge in [-0.1, -0.05) is 6.42 Å². The molecule has 1 atom stereocenters. The highest BCUT2D eigenvalue weighted by Crippen LogP contribution is 2.19. The van der Waals surface area contributed by atoms with E-state index in [1.165, 1.54) is 31.4 Å². The first-order chi connectivity index (χ1) is 6.90. The van der Waals surface area contributed by atoms with Gasteiger partial charge >= 0.3 is 0 Å². The Labute approximate surface area is 102 Å². The van der Waals surface area contributed by atoms with E-state index in [2.05, 4.69) is 21.7 Å². The molecule has 1 aliphatic rings. The van der Waals surface area contributed by atoms with Crippen LogP contribution in [-0.4, -0.2) is 24.0 Å². The molecule has 86 valence electrons. The maximum atomic E-state index is 5.78. The summed E-state index contributed by atoms with van der Waals surface area (Å²) in [5.74, 6) is 0. The Morgan fingerprint density at radius 1 is 1.47 bits per heavy atom. The van der Waals surface area contributed by atoms with E-state index in [0.29, 0.717) is 6.04 Å². The lowest BCUT2D eigenvalue weighted by Crippen LogP contribution is -2.43. The van der Waals surface area contributed by atoms with Crippen molar-refractivity contribution in [1.29, 1.82) is 0 Å². The van der Waals surface area contributed by atoms with Gasteiger partial charge in [0.25, 0.3) is 0 Å². The Morgan fingerprint density at radius 3 is 3.00 bits per heavy atom. The summed E-state index contributed by atoms with van der Waals surface area (Å²) in [6.45, 7) is 3.12. The molecule has 1 unspecified atom stereocenters. The van der Waals surface area contributed by atoms with Crippen molar-refractivity contribution in [2.24, 2.45) is 5.73 Å². The van der Waals surface area contributed by atoms with Crippen molar-refractivity contribution in [3.05, 3.63) is 22.4 Å². The quantitative estimate of drug-likeness (QED) is 0.888. The fraction of sp³-hybridized carbons (Fsp3) is 0.636. The summed E-state index contributed by atoms with van der Waals surface area (Å²) < 4.78 is 0. The zero-order valence-electron chi connectivity index (χ0n) is 8.89. The Hall–Kier alpha value is -0.0900. The minimum atomic E-state index is 0. The molecule has 0 aromatic carbocycles. The third kappa shape index (κ3) is 3.45. The van der Waals surface area contributed by atoms with Crippen LogP contribution in [0, 0.1) is 0 Å². The highest BCUT2D eigenvalue weighted by atomic mass is 35.5. The minimum Gasteiger partial charge on any atom is -0.329 e. The second-order valence-corrected chi connectivity index (χ2v) is 4.77. The van der Waals surface area contributed by atoms with Crippen LogP contribution in [-0.2, 0) is 6.54 Å². The number of nitrogens with zero attached hydrogens (tertiary/aromatic N) is 1. The third-order valence-electron chi connectivity index (χ3n) is 2.99. The molecule has 1 fully saturated rings. The average molecular weight is 247 g/mol. The lowest BCUT2D eigenvalue weighted by Gasteiger charge is -2.34. The Balaban J connectivity index is 0.00000112. The van der Waals surface area contributed by atoms with Crippen LogP contribution in [0.1, 0.15) is 24.8 Å². The van der Waals surface area contributed by atoms with Gasteiger partial charge in [0, 0.05) is 19.1 Å². The van der Waals surface area contributed by atoms with Gasteiger partial charge in [0.05, 0.1) is 0 Å². The summed E-state index contributed by atoms with van der Waals surface area (Å²) in [6.07, 6.45) is 3.96. The van der Waals surface area contributed by atoms with Crippen LogP contribution in [0.15, 0.2) is 16.8 Å². The highest BCUT2D eigenvalue weighted by Gasteiger charge is 2.20. The average Bonchev–Trinajstić information content (AvgIpc) is 2.71. The summed E-state index contributed by atoms with van der Waals surface area (Å²) in [5.41, 5.74) is 7.22. The fourth-order valence-corrected chi connectivity index (χ4v) is 2.81. The van der Waals surface area contributed by atoms with Crippen LogP contribution >= 0.6 is 23.7 Å². The van der Waals surface area contributed by atoms with E-state index in [0.717, 1.165) is 13.1 Å². The van der Waals surface area contributed by atoms with E-state index < -0.39 is 0 Å². The van der Waals surface area contributed by atoms with Gasteiger partial charge in [-0.05, 0) is 41.8 Å². The molecule has 0 spiro atoms. The van der Waals surface area contributed by atoms with Crippen molar-refractivity contribution < 1.29 is 0 Å². The van der Waals surface area contributed by atoms with Gasteiger partial charge in [0.15, 0.2) is 0 Å². The molecule has 1 aromatic rings. The molecule has 0 saturated carbocycles. The molecule has 0 bridgehead atoms. The van der Waals surface area contributed by atoms with Gasteiger partial charge in [0.1, 0.15) is 0 Å². The smallest absolute Gasteiger partial charge is 0.0245 e. The zero-order chi connectivity index (χ0) is 9.80. The maximum Gasteiger partial charge on any atom is 0.0245 e. The van der Waals surface area contributed by atoms with Crippen LogP contribution in [0.25, 0.3) is 0 Å². The number of hydrogen-bond acceptors (Lipinski definition) is 3. The van der Waals surface area contributed by atoms with Gasteiger partial charge in [-0.25, -0.2) is 0 Å². The van der Waals surface area contributed by atoms with E-state index in [1.54, 1.807) is 11.3 Å². The zero-order valence-corrected chi connectivity index (χ0v) is 10.5. The van der Waals surface area contributed by atoms with Crippen LogP contribution in [0.4, 0.5) is 0 Å². The number of rotatable bonds is 3. The lowest BCUT2D eigenvalue weighted by molar-refractivity contribution is 0.145. The molecule has 2 nitrogen and oxygen atoms in total. The van der Waals surface area contributed by atoms with E-state index in [4.69, 9.17) is 5.73 Å². The lowest BCUT2D eigenvalue weighted by atomic mass is 10.0. The van der Waals surface area contributed by atoms with Gasteiger partial charge < -0.3 is 5.73 Å². The summed E-state index contributed by atoms with van der Waals surface area (Å²) >= 11 is 1.78. The fourth-order valence-electron chi connectivity index (χ4n) is 2.15. The van der Waals surface area contributed by atoms with E-state index in [1.807, 2.05) is 0 Å². The molecule has 4 heteroatoms. The van der Waals surface area contributed by atoms with Gasteiger partial charge in [-0.2, -0.15) is 11.3 Å². The molecule has 2 rings (SSSR count). The minimum absolute atomic E-state index is 0. The predicted octanol–water partition coefficient (Wildman–Crippen LogP) is 2.48. The topological polar surface area (TPSA) is 29.3 Å². The summed E-state index contributed by atoms with van der Waals surface area (Å²) in [4.78, 5) is 2.53. The number of thiophene rings is 1. The number of halogens is 1. The third-order valence-corrected chi connectivity index (χ3v) is 3.72. The predicted molar refractivity (Wildman–Crippen MR) is 68.7 cm³/mol. The second-order valence-electron chi connectivity index (χ2n) is 3.99. The van der Waals surface area contributed by atoms with E-state index in [9.17, 15) is 0 Å². The van der Waals surface area contributed by atoms with Crippen LogP contribution in [0.5, 0.6) is 0 Å². The van der Waals surface area contributed by atoms with Crippen LogP contribution < -0.4 is 5.73 Å². The molecule has 0 amide bonds. The standard InChI is InChI=1S/C11H18N2S.ClH/c12-7-11-3-1-2-5-13(11)8-10-4-6-14-9-10;/h4,6,9,11H,1-3,5,7-8,12H2;1H. The van der Waals surface area contributed by atoms with Crippen molar-refractivity contribution in [2.45, 2.75) is 31.8 Å². The van der Waals surface area contributed by atoms with Gasteiger partial charge in [0.2, 0.25) is 0 Å². The van der Waals surface area contributed by atoms with Crippen molar-refractivity contribution in [3.8, 4) is 0 Å². The Bertz CT molecular complexity index is 264. The molecule has 2 N–H and O–H groups in total. The van der Waals surface area contributed by atoms with Crippen molar-refractivity contribution in [3.63, 3.8) is 0 Å². The molecule has 2 heterocycles. The molecule has 0 radical (unpaired) electrons. The first-order valence-electron chi connectivity index (χ1n) is 5.35. The first kappa shape index (κ1) is 13.0. The molecular formula is C11H19ClN2S. The Morgan fingerprint density at radius 2 is 2.33 bits per heavy atom. The monoisotopic (exact) mass is 246 g/mol. The number of nitrogens with two attached hydrogens (primary N) is 1. The van der Waals surface area contributed by atoms with Crippen molar-refractivity contribution in [1.82, 2.24) is 4.90 Å². The molecule has 15 heavy (non-hydrogen) atoms. The molecule has 1 aromatic heterocycles. The SMILES string of the molecule is Cl.NCC1CCCCN1Cc1ccsc1. The molecule has 1 aliphatic heterocycles. The normalized spacial score (nSPS) is 22.3. The van der Waals surface area contributed by atoms with Gasteiger partial charge in [-0.15, -0.1) is 12.4 Å². The highest BCUT2D eigenvalue weighted by molar-refractivity contribution is 7.07. The van der Waals surface area contributed by atoms with Crippen molar-refractivity contribution >= 4 is 23.7 Å². The first-order valence-corrected chi connectivity index (χ1v) is 6.29. The summed E-state index contributed by atoms with van der Waals surface area (Å²) in [5, 5.41) is 4.39. The molecular weight excluding hydrogens is 228 g/mol. The maximum absolute atomic E-state index is 5.78. The number of hydrogen-bond donors (Lipinski definition) is 1. The summed E-state index contributed by atoms with van der Waals surface area (Å²) in [7, 11) is 0. The van der Waals surface area contributed by atoms with E-state index in [-0.39, 0.29) is 12.4 Å². The molecule has 1 saturated heterocycles. The largest absolute Gasteiger partial charge is 0.329 e. The number of piperidine rings is 1. The van der Waals surface area contributed by atoms with Gasteiger partial charge in [-0.3, -0.25) is 4.90 Å². The Kier molecular flexibility index (Phi) is 5.61. The van der Waals surface area contributed by atoms with Crippen molar-refractivity contribution in [2.75, 3.05) is 13.1 Å². The number of likely N-dealkylation sites (tertiary alicyclic amines) is 1. The summed E-state index contributed by atoms with van der Waals surface area (Å²) in [6, 6.07) is 2.83. The molecule has 0 aliphatic carbocycles.